The van der Waals surface area contributed by atoms with Gasteiger partial charge in [0.25, 0.3) is 0 Å². The SMILES string of the molecule is [B]CCCCC1(N)CCCN1. The summed E-state index contributed by atoms with van der Waals surface area (Å²) in [5, 5.41) is 3.33. The van der Waals surface area contributed by atoms with E-state index in [1.54, 1.807) is 0 Å². The minimum atomic E-state index is -0.0603. The summed E-state index contributed by atoms with van der Waals surface area (Å²) >= 11 is 0. The zero-order valence-electron chi connectivity index (χ0n) is 7.10. The summed E-state index contributed by atoms with van der Waals surface area (Å²) in [6, 6.07) is 0. The third-order valence-corrected chi connectivity index (χ3v) is 2.35. The van der Waals surface area contributed by atoms with Crippen LogP contribution in [0.5, 0.6) is 0 Å². The number of hydrogen-bond acceptors (Lipinski definition) is 2. The molecule has 0 spiro atoms. The van der Waals surface area contributed by atoms with Gasteiger partial charge in [-0.15, -0.1) is 0 Å². The molecule has 0 bridgehead atoms. The molecule has 11 heavy (non-hydrogen) atoms. The number of nitrogens with two attached hydrogens (primary N) is 1. The lowest BCUT2D eigenvalue weighted by molar-refractivity contribution is 0.350. The third-order valence-electron chi connectivity index (χ3n) is 2.35. The molecule has 0 aromatic rings. The van der Waals surface area contributed by atoms with Gasteiger partial charge in [0.1, 0.15) is 0 Å². The second-order valence-corrected chi connectivity index (χ2v) is 3.43. The van der Waals surface area contributed by atoms with E-state index in [-0.39, 0.29) is 5.66 Å². The van der Waals surface area contributed by atoms with Crippen LogP contribution in [0.15, 0.2) is 0 Å². The lowest BCUT2D eigenvalue weighted by Crippen LogP contribution is -2.48. The number of unbranched alkanes of at least 4 members (excludes halogenated alkanes) is 1. The van der Waals surface area contributed by atoms with Gasteiger partial charge in [0, 0.05) is 0 Å². The molecule has 0 aromatic heterocycles. The highest BCUT2D eigenvalue weighted by molar-refractivity contribution is 6.08. The van der Waals surface area contributed by atoms with E-state index in [9.17, 15) is 0 Å². The molecule has 1 unspecified atom stereocenters. The van der Waals surface area contributed by atoms with Crippen molar-refractivity contribution in [3.63, 3.8) is 0 Å². The van der Waals surface area contributed by atoms with Crippen molar-refractivity contribution in [3.8, 4) is 0 Å². The molecule has 1 fully saturated rings. The molecule has 62 valence electrons. The molecule has 0 aliphatic carbocycles. The zero-order valence-corrected chi connectivity index (χ0v) is 7.10. The molecule has 3 heteroatoms. The Morgan fingerprint density at radius 1 is 1.45 bits per heavy atom. The fourth-order valence-corrected chi connectivity index (χ4v) is 1.63. The van der Waals surface area contributed by atoms with E-state index in [0.717, 1.165) is 38.5 Å². The maximum Gasteiger partial charge on any atom is 0.0662 e. The fraction of sp³-hybridized carbons (Fsp3) is 1.00. The summed E-state index contributed by atoms with van der Waals surface area (Å²) in [4.78, 5) is 0. The smallest absolute Gasteiger partial charge is 0.0662 e. The largest absolute Gasteiger partial charge is 0.313 e. The lowest BCUT2D eigenvalue weighted by Gasteiger charge is -2.23. The molecule has 0 amide bonds. The average molecular weight is 152 g/mol. The van der Waals surface area contributed by atoms with Crippen LogP contribution in [0.25, 0.3) is 0 Å². The van der Waals surface area contributed by atoms with E-state index in [2.05, 4.69) is 5.32 Å². The molecule has 3 N–H and O–H groups in total. The summed E-state index contributed by atoms with van der Waals surface area (Å²) in [5.41, 5.74) is 5.99. The fourth-order valence-electron chi connectivity index (χ4n) is 1.63. The third kappa shape index (κ3) is 2.84. The van der Waals surface area contributed by atoms with Gasteiger partial charge in [-0.3, -0.25) is 5.32 Å². The predicted octanol–water partition coefficient (Wildman–Crippen LogP) is 0.782. The Morgan fingerprint density at radius 3 is 2.82 bits per heavy atom. The highest BCUT2D eigenvalue weighted by Crippen LogP contribution is 2.19. The molecule has 0 aromatic carbocycles. The van der Waals surface area contributed by atoms with Crippen molar-refractivity contribution in [3.05, 3.63) is 0 Å². The Labute approximate surface area is 70.3 Å². The first-order chi connectivity index (χ1) is 5.27. The molecule has 1 aliphatic rings. The van der Waals surface area contributed by atoms with Crippen molar-refractivity contribution in [2.75, 3.05) is 6.54 Å². The topological polar surface area (TPSA) is 38.0 Å². The molecule has 1 saturated heterocycles. The molecular weight excluding hydrogens is 135 g/mol. The maximum atomic E-state index is 6.05. The van der Waals surface area contributed by atoms with Crippen LogP contribution in [0.1, 0.15) is 32.1 Å². The Morgan fingerprint density at radius 2 is 2.27 bits per heavy atom. The van der Waals surface area contributed by atoms with Crippen LogP contribution < -0.4 is 11.1 Å². The van der Waals surface area contributed by atoms with Gasteiger partial charge in [-0.1, -0.05) is 19.2 Å². The van der Waals surface area contributed by atoms with Crippen molar-refractivity contribution in [1.29, 1.82) is 0 Å². The summed E-state index contributed by atoms with van der Waals surface area (Å²) < 4.78 is 0. The Balaban J connectivity index is 2.13. The normalized spacial score (nSPS) is 31.0. The van der Waals surface area contributed by atoms with Gasteiger partial charge in [-0.2, -0.15) is 0 Å². The van der Waals surface area contributed by atoms with Gasteiger partial charge in [-0.05, 0) is 25.8 Å². The van der Waals surface area contributed by atoms with Crippen LogP contribution in [0.4, 0.5) is 0 Å². The molecule has 1 rings (SSSR count). The van der Waals surface area contributed by atoms with Crippen LogP contribution in [-0.4, -0.2) is 20.1 Å². The number of nitrogens with one attached hydrogen (secondary N) is 1. The van der Waals surface area contributed by atoms with Crippen LogP contribution >= 0.6 is 0 Å². The van der Waals surface area contributed by atoms with E-state index >= 15 is 0 Å². The molecule has 0 saturated carbocycles. The van der Waals surface area contributed by atoms with E-state index in [1.165, 1.54) is 6.42 Å². The molecule has 2 radical (unpaired) electrons. The second-order valence-electron chi connectivity index (χ2n) is 3.43. The average Bonchev–Trinajstić information content (AvgIpc) is 2.38. The Kier molecular flexibility index (Phi) is 3.40. The van der Waals surface area contributed by atoms with Crippen molar-refractivity contribution in [1.82, 2.24) is 5.32 Å². The van der Waals surface area contributed by atoms with E-state index in [0.29, 0.717) is 0 Å². The zero-order chi connectivity index (χ0) is 8.16. The van der Waals surface area contributed by atoms with Crippen LogP contribution in [-0.2, 0) is 0 Å². The quantitative estimate of drug-likeness (QED) is 0.461. The Hall–Kier alpha value is -0.0151. The van der Waals surface area contributed by atoms with Crippen molar-refractivity contribution in [2.45, 2.75) is 44.1 Å². The summed E-state index contributed by atoms with van der Waals surface area (Å²) in [6.45, 7) is 1.08. The van der Waals surface area contributed by atoms with Crippen LogP contribution in [0, 0.1) is 0 Å². The molecule has 1 aliphatic heterocycles. The van der Waals surface area contributed by atoms with Gasteiger partial charge >= 0.3 is 0 Å². The maximum absolute atomic E-state index is 6.05. The van der Waals surface area contributed by atoms with Gasteiger partial charge in [0.2, 0.25) is 0 Å². The van der Waals surface area contributed by atoms with Crippen LogP contribution in [0.3, 0.4) is 0 Å². The lowest BCUT2D eigenvalue weighted by atomic mass is 9.95. The minimum absolute atomic E-state index is 0.0603. The van der Waals surface area contributed by atoms with E-state index in [1.807, 2.05) is 0 Å². The van der Waals surface area contributed by atoms with Gasteiger partial charge in [0.15, 0.2) is 0 Å². The summed E-state index contributed by atoms with van der Waals surface area (Å²) in [7, 11) is 5.40. The highest BCUT2D eigenvalue weighted by atomic mass is 15.1. The first-order valence-corrected chi connectivity index (χ1v) is 4.51. The van der Waals surface area contributed by atoms with E-state index < -0.39 is 0 Å². The van der Waals surface area contributed by atoms with Crippen molar-refractivity contribution < 1.29 is 0 Å². The Bertz CT molecular complexity index is 111. The van der Waals surface area contributed by atoms with Gasteiger partial charge < -0.3 is 5.73 Å². The first kappa shape index (κ1) is 9.08. The molecule has 2 nitrogen and oxygen atoms in total. The van der Waals surface area contributed by atoms with E-state index in [4.69, 9.17) is 13.6 Å². The first-order valence-electron chi connectivity index (χ1n) is 4.51. The van der Waals surface area contributed by atoms with Gasteiger partial charge in [0.05, 0.1) is 13.5 Å². The summed E-state index contributed by atoms with van der Waals surface area (Å²) in [5.74, 6) is 0. The standard InChI is InChI=1S/C8H17BN2/c9-6-2-1-4-8(10)5-3-7-11-8/h11H,1-7,10H2. The minimum Gasteiger partial charge on any atom is -0.313 e. The second kappa shape index (κ2) is 4.12. The number of rotatable bonds is 4. The van der Waals surface area contributed by atoms with Gasteiger partial charge in [-0.25, -0.2) is 0 Å². The predicted molar refractivity (Wildman–Crippen MR) is 48.6 cm³/mol. The van der Waals surface area contributed by atoms with Crippen LogP contribution in [0.2, 0.25) is 6.32 Å². The number of hydrogen-bond donors (Lipinski definition) is 2. The summed E-state index contributed by atoms with van der Waals surface area (Å²) in [6.07, 6.45) is 6.46. The molecular formula is C8H17BN2. The highest BCUT2D eigenvalue weighted by Gasteiger charge is 2.27. The molecule has 1 heterocycles. The van der Waals surface area contributed by atoms with Crippen molar-refractivity contribution in [2.24, 2.45) is 5.73 Å². The molecule has 1 atom stereocenters. The van der Waals surface area contributed by atoms with Crippen molar-refractivity contribution >= 4 is 7.85 Å². The monoisotopic (exact) mass is 152 g/mol.